The lowest BCUT2D eigenvalue weighted by Crippen LogP contribution is -2.51. The molecule has 3 nitrogen and oxygen atoms in total. The number of piperidine rings is 1. The van der Waals surface area contributed by atoms with Crippen LogP contribution in [0.25, 0.3) is 0 Å². The molecule has 0 saturated carbocycles. The Balaban J connectivity index is 2.31. The molecule has 1 saturated heterocycles. The molecule has 1 rings (SSSR count). The minimum atomic E-state index is -0.180. The van der Waals surface area contributed by atoms with Gasteiger partial charge < -0.3 is 15.3 Å². The summed E-state index contributed by atoms with van der Waals surface area (Å²) in [7, 11) is 2.22. The van der Waals surface area contributed by atoms with Crippen molar-refractivity contribution < 1.29 is 5.11 Å². The van der Waals surface area contributed by atoms with E-state index in [1.165, 1.54) is 13.0 Å². The molecule has 0 radical (unpaired) electrons. The molecule has 0 spiro atoms. The first-order valence-corrected chi connectivity index (χ1v) is 7.01. The lowest BCUT2D eigenvalue weighted by Gasteiger charge is -2.40. The van der Waals surface area contributed by atoms with Crippen molar-refractivity contribution in [3.63, 3.8) is 0 Å². The van der Waals surface area contributed by atoms with Crippen LogP contribution < -0.4 is 5.32 Å². The molecule has 17 heavy (non-hydrogen) atoms. The molecule has 1 aliphatic heterocycles. The number of rotatable bonds is 5. The first-order chi connectivity index (χ1) is 7.90. The third-order valence-electron chi connectivity index (χ3n) is 4.08. The van der Waals surface area contributed by atoms with Crippen LogP contribution in [0.15, 0.2) is 0 Å². The van der Waals surface area contributed by atoms with Crippen LogP contribution >= 0.6 is 0 Å². The minimum absolute atomic E-state index is 0.180. The van der Waals surface area contributed by atoms with Crippen LogP contribution in [0.5, 0.6) is 0 Å². The van der Waals surface area contributed by atoms with E-state index in [1.54, 1.807) is 0 Å². The van der Waals surface area contributed by atoms with E-state index >= 15 is 0 Å². The third-order valence-corrected chi connectivity index (χ3v) is 4.08. The molecule has 102 valence electrons. The van der Waals surface area contributed by atoms with Crippen molar-refractivity contribution in [2.24, 2.45) is 11.8 Å². The fourth-order valence-corrected chi connectivity index (χ4v) is 2.84. The Kier molecular flexibility index (Phi) is 5.90. The van der Waals surface area contributed by atoms with E-state index in [0.717, 1.165) is 18.9 Å². The quantitative estimate of drug-likeness (QED) is 0.770. The smallest absolute Gasteiger partial charge is 0.0515 e. The van der Waals surface area contributed by atoms with Gasteiger partial charge in [0.15, 0.2) is 0 Å². The largest absolute Gasteiger partial charge is 0.393 e. The maximum absolute atomic E-state index is 9.35. The molecule has 0 aromatic rings. The number of nitrogens with zero attached hydrogens (tertiary/aromatic N) is 1. The van der Waals surface area contributed by atoms with Gasteiger partial charge in [0.1, 0.15) is 0 Å². The summed E-state index contributed by atoms with van der Waals surface area (Å²) in [6.07, 6.45) is 1.95. The Bertz CT molecular complexity index is 220. The molecule has 0 aromatic carbocycles. The van der Waals surface area contributed by atoms with Crippen LogP contribution in [0.4, 0.5) is 0 Å². The number of likely N-dealkylation sites (tertiary alicyclic amines) is 1. The molecule has 1 fully saturated rings. The zero-order chi connectivity index (χ0) is 13.0. The van der Waals surface area contributed by atoms with Gasteiger partial charge in [0.2, 0.25) is 0 Å². The highest BCUT2D eigenvalue weighted by molar-refractivity contribution is 4.86. The van der Waals surface area contributed by atoms with Crippen molar-refractivity contribution >= 4 is 0 Å². The summed E-state index contributed by atoms with van der Waals surface area (Å²) in [5.74, 6) is 1.27. The minimum Gasteiger partial charge on any atom is -0.393 e. The number of hydrogen-bond acceptors (Lipinski definition) is 3. The molecule has 1 heterocycles. The van der Waals surface area contributed by atoms with Crippen molar-refractivity contribution in [1.29, 1.82) is 0 Å². The van der Waals surface area contributed by atoms with Crippen molar-refractivity contribution in [1.82, 2.24) is 10.2 Å². The first-order valence-electron chi connectivity index (χ1n) is 7.01. The highest BCUT2D eigenvalue weighted by atomic mass is 16.3. The summed E-state index contributed by atoms with van der Waals surface area (Å²) in [6, 6.07) is 1.31. The normalized spacial score (nSPS) is 34.6. The molecule has 2 N–H and O–H groups in total. The van der Waals surface area contributed by atoms with Gasteiger partial charge in [0.25, 0.3) is 0 Å². The fraction of sp³-hybridized carbons (Fsp3) is 1.00. The van der Waals surface area contributed by atoms with Gasteiger partial charge in [0, 0.05) is 18.6 Å². The molecule has 1 aliphatic rings. The lowest BCUT2D eigenvalue weighted by atomic mass is 9.89. The third kappa shape index (κ3) is 4.94. The number of hydrogen-bond donors (Lipinski definition) is 2. The monoisotopic (exact) mass is 242 g/mol. The molecular formula is C14H30N2O. The maximum Gasteiger partial charge on any atom is 0.0515 e. The van der Waals surface area contributed by atoms with E-state index in [1.807, 2.05) is 6.92 Å². The van der Waals surface area contributed by atoms with Crippen molar-refractivity contribution in [3.8, 4) is 0 Å². The van der Waals surface area contributed by atoms with Crippen LogP contribution in [-0.2, 0) is 0 Å². The Hall–Kier alpha value is -0.120. The van der Waals surface area contributed by atoms with Crippen LogP contribution in [0, 0.1) is 11.8 Å². The molecule has 3 heteroatoms. The second-order valence-electron chi connectivity index (χ2n) is 6.21. The Morgan fingerprint density at radius 3 is 2.59 bits per heavy atom. The summed E-state index contributed by atoms with van der Waals surface area (Å²) < 4.78 is 0. The Morgan fingerprint density at radius 1 is 1.35 bits per heavy atom. The van der Waals surface area contributed by atoms with Crippen LogP contribution in [0.2, 0.25) is 0 Å². The van der Waals surface area contributed by atoms with Crippen LogP contribution in [0.3, 0.4) is 0 Å². The van der Waals surface area contributed by atoms with Gasteiger partial charge in [-0.05, 0) is 52.1 Å². The number of aliphatic hydroxyl groups excluding tert-OH is 1. The zero-order valence-corrected chi connectivity index (χ0v) is 12.1. The fourth-order valence-electron chi connectivity index (χ4n) is 2.84. The van der Waals surface area contributed by atoms with Crippen LogP contribution in [-0.4, -0.2) is 48.3 Å². The molecule has 0 aromatic heterocycles. The van der Waals surface area contributed by atoms with Gasteiger partial charge in [-0.3, -0.25) is 0 Å². The van der Waals surface area contributed by atoms with E-state index in [4.69, 9.17) is 0 Å². The predicted molar refractivity (Wildman–Crippen MR) is 73.1 cm³/mol. The summed E-state index contributed by atoms with van der Waals surface area (Å²) >= 11 is 0. The van der Waals surface area contributed by atoms with E-state index in [9.17, 15) is 5.11 Å². The van der Waals surface area contributed by atoms with Crippen molar-refractivity contribution in [3.05, 3.63) is 0 Å². The molecule has 0 aliphatic carbocycles. The van der Waals surface area contributed by atoms with Gasteiger partial charge in [-0.25, -0.2) is 0 Å². The Labute approximate surface area is 107 Å². The van der Waals surface area contributed by atoms with Gasteiger partial charge in [-0.15, -0.1) is 0 Å². The van der Waals surface area contributed by atoms with Gasteiger partial charge in [-0.1, -0.05) is 13.8 Å². The van der Waals surface area contributed by atoms with Gasteiger partial charge in [-0.2, -0.15) is 0 Å². The predicted octanol–water partition coefficient (Wildman–Crippen LogP) is 1.71. The molecular weight excluding hydrogens is 212 g/mol. The first kappa shape index (κ1) is 14.9. The number of aliphatic hydroxyl groups is 1. The topological polar surface area (TPSA) is 35.5 Å². The second-order valence-corrected chi connectivity index (χ2v) is 6.21. The SMILES string of the molecule is CC(O)CC(C)CNC1CC(C)N(C)CC1C. The summed E-state index contributed by atoms with van der Waals surface area (Å²) in [6.45, 7) is 10.9. The second kappa shape index (κ2) is 6.72. The average Bonchev–Trinajstić information content (AvgIpc) is 2.20. The van der Waals surface area contributed by atoms with E-state index in [-0.39, 0.29) is 6.10 Å². The zero-order valence-electron chi connectivity index (χ0n) is 12.1. The standard InChI is InChI=1S/C14H30N2O/c1-10(6-13(4)17)8-15-14-7-12(3)16(5)9-11(14)2/h10-15,17H,6-9H2,1-5H3. The van der Waals surface area contributed by atoms with Crippen molar-refractivity contribution in [2.45, 2.75) is 58.7 Å². The number of nitrogens with one attached hydrogen (secondary N) is 1. The highest BCUT2D eigenvalue weighted by Gasteiger charge is 2.28. The molecule has 0 bridgehead atoms. The van der Waals surface area contributed by atoms with E-state index in [2.05, 4.69) is 38.0 Å². The van der Waals surface area contributed by atoms with E-state index < -0.39 is 0 Å². The Morgan fingerprint density at radius 2 is 2.00 bits per heavy atom. The summed E-state index contributed by atoms with van der Waals surface area (Å²) in [5, 5.41) is 13.0. The average molecular weight is 242 g/mol. The van der Waals surface area contributed by atoms with Crippen molar-refractivity contribution in [2.75, 3.05) is 20.1 Å². The lowest BCUT2D eigenvalue weighted by molar-refractivity contribution is 0.115. The van der Waals surface area contributed by atoms with Gasteiger partial charge >= 0.3 is 0 Å². The summed E-state index contributed by atoms with van der Waals surface area (Å²) in [5.41, 5.74) is 0. The van der Waals surface area contributed by atoms with Crippen LogP contribution in [0.1, 0.15) is 40.5 Å². The molecule has 5 unspecified atom stereocenters. The van der Waals surface area contributed by atoms with E-state index in [0.29, 0.717) is 18.0 Å². The summed E-state index contributed by atoms with van der Waals surface area (Å²) in [4.78, 5) is 2.45. The molecule has 5 atom stereocenters. The highest BCUT2D eigenvalue weighted by Crippen LogP contribution is 2.21. The molecule has 0 amide bonds. The van der Waals surface area contributed by atoms with Gasteiger partial charge in [0.05, 0.1) is 6.10 Å². The maximum atomic E-state index is 9.35.